The van der Waals surface area contributed by atoms with Gasteiger partial charge in [0.25, 0.3) is 0 Å². The van der Waals surface area contributed by atoms with Gasteiger partial charge in [-0.2, -0.15) is 0 Å². The summed E-state index contributed by atoms with van der Waals surface area (Å²) in [5, 5.41) is 28.3. The Morgan fingerprint density at radius 2 is 1.82 bits per heavy atom. The molecule has 17 heavy (non-hydrogen) atoms. The predicted octanol–water partition coefficient (Wildman–Crippen LogP) is 0.526. The first-order chi connectivity index (χ1) is 8.11. The first-order valence-electron chi connectivity index (χ1n) is 5.47. The number of aliphatic hydroxyl groups is 3. The van der Waals surface area contributed by atoms with Crippen molar-refractivity contribution in [1.29, 1.82) is 0 Å². The summed E-state index contributed by atoms with van der Waals surface area (Å²) in [7, 11) is 0. The molecule has 0 aliphatic carbocycles. The zero-order valence-corrected chi connectivity index (χ0v) is 10.3. The van der Waals surface area contributed by atoms with Crippen LogP contribution in [0.5, 0.6) is 0 Å². The molecule has 4 nitrogen and oxygen atoms in total. The van der Waals surface area contributed by atoms with Crippen molar-refractivity contribution in [1.82, 2.24) is 0 Å². The van der Waals surface area contributed by atoms with E-state index in [1.54, 1.807) is 0 Å². The van der Waals surface area contributed by atoms with Gasteiger partial charge in [0.1, 0.15) is 23.7 Å². The van der Waals surface area contributed by atoms with Gasteiger partial charge < -0.3 is 20.1 Å². The van der Waals surface area contributed by atoms with Gasteiger partial charge in [-0.3, -0.25) is 0 Å². The van der Waals surface area contributed by atoms with E-state index in [0.29, 0.717) is 0 Å². The summed E-state index contributed by atoms with van der Waals surface area (Å²) in [6.45, 7) is 1.71. The fourth-order valence-corrected chi connectivity index (χ4v) is 2.77. The Morgan fingerprint density at radius 1 is 1.18 bits per heavy atom. The molecule has 1 aliphatic heterocycles. The molecular formula is C12H16O4S. The highest BCUT2D eigenvalue weighted by atomic mass is 32.2. The molecule has 0 radical (unpaired) electrons. The lowest BCUT2D eigenvalue weighted by Crippen LogP contribution is -2.33. The maximum absolute atomic E-state index is 9.77. The van der Waals surface area contributed by atoms with Crippen molar-refractivity contribution in [3.8, 4) is 0 Å². The first kappa shape index (κ1) is 12.9. The van der Waals surface area contributed by atoms with Crippen LogP contribution in [0, 0.1) is 6.92 Å². The van der Waals surface area contributed by atoms with E-state index in [0.717, 1.165) is 10.5 Å². The van der Waals surface area contributed by atoms with E-state index in [-0.39, 0.29) is 6.61 Å². The van der Waals surface area contributed by atoms with Gasteiger partial charge in [-0.15, -0.1) is 0 Å². The molecule has 1 fully saturated rings. The van der Waals surface area contributed by atoms with E-state index >= 15 is 0 Å². The Hall–Kier alpha value is -0.590. The lowest BCUT2D eigenvalue weighted by molar-refractivity contribution is -0.00808. The van der Waals surface area contributed by atoms with Crippen molar-refractivity contribution in [3.63, 3.8) is 0 Å². The van der Waals surface area contributed by atoms with E-state index in [2.05, 4.69) is 0 Å². The van der Waals surface area contributed by atoms with Gasteiger partial charge in [0.15, 0.2) is 0 Å². The maximum atomic E-state index is 9.77. The average Bonchev–Trinajstić information content (AvgIpc) is 2.60. The van der Waals surface area contributed by atoms with Gasteiger partial charge in [0, 0.05) is 4.90 Å². The largest absolute Gasteiger partial charge is 0.394 e. The fraction of sp³-hybridized carbons (Fsp3) is 0.500. The molecule has 0 spiro atoms. The third-order valence-electron chi connectivity index (χ3n) is 2.77. The molecule has 1 heterocycles. The lowest BCUT2D eigenvalue weighted by atomic mass is 10.2. The van der Waals surface area contributed by atoms with Crippen LogP contribution in [-0.2, 0) is 4.74 Å². The van der Waals surface area contributed by atoms with Crippen LogP contribution in [0.15, 0.2) is 29.2 Å². The molecule has 0 aromatic heterocycles. The van der Waals surface area contributed by atoms with Gasteiger partial charge in [0.2, 0.25) is 0 Å². The fourth-order valence-electron chi connectivity index (χ4n) is 1.71. The molecule has 1 aromatic carbocycles. The summed E-state index contributed by atoms with van der Waals surface area (Å²) in [5.41, 5.74) is 0.625. The number of benzene rings is 1. The molecule has 4 atom stereocenters. The van der Waals surface area contributed by atoms with Crippen LogP contribution in [0.2, 0.25) is 0 Å². The standard InChI is InChI=1S/C12H16O4S/c1-7-2-4-8(5-3-7)17-12-11(15)10(14)9(6-13)16-12/h2-5,9-15H,6H2,1H3. The van der Waals surface area contributed by atoms with E-state index in [1.165, 1.54) is 11.8 Å². The number of hydrogen-bond acceptors (Lipinski definition) is 5. The minimum atomic E-state index is -1.03. The number of rotatable bonds is 3. The molecule has 1 aromatic rings. The molecule has 1 saturated heterocycles. The number of aryl methyl sites for hydroxylation is 1. The minimum Gasteiger partial charge on any atom is -0.394 e. The summed E-state index contributed by atoms with van der Waals surface area (Å²) in [6.07, 6.45) is -2.70. The van der Waals surface area contributed by atoms with Crippen molar-refractivity contribution >= 4 is 11.8 Å². The van der Waals surface area contributed by atoms with Crippen molar-refractivity contribution in [3.05, 3.63) is 29.8 Å². The van der Waals surface area contributed by atoms with E-state index in [1.807, 2.05) is 31.2 Å². The SMILES string of the molecule is Cc1ccc(SC2OC(CO)C(O)C2O)cc1. The maximum Gasteiger partial charge on any atom is 0.136 e. The third kappa shape index (κ3) is 2.81. The third-order valence-corrected chi connectivity index (χ3v) is 3.94. The first-order valence-corrected chi connectivity index (χ1v) is 6.35. The topological polar surface area (TPSA) is 69.9 Å². The van der Waals surface area contributed by atoms with Crippen molar-refractivity contribution in [2.24, 2.45) is 0 Å². The molecule has 0 bridgehead atoms. The molecule has 1 aliphatic rings. The van der Waals surface area contributed by atoms with Gasteiger partial charge in [-0.1, -0.05) is 29.5 Å². The Kier molecular flexibility index (Phi) is 4.06. The van der Waals surface area contributed by atoms with E-state index in [9.17, 15) is 10.2 Å². The molecule has 4 unspecified atom stereocenters. The monoisotopic (exact) mass is 256 g/mol. The Balaban J connectivity index is 2.02. The van der Waals surface area contributed by atoms with Gasteiger partial charge in [-0.25, -0.2) is 0 Å². The van der Waals surface area contributed by atoms with Crippen LogP contribution in [0.1, 0.15) is 5.56 Å². The number of thioether (sulfide) groups is 1. The van der Waals surface area contributed by atoms with Crippen LogP contribution >= 0.6 is 11.8 Å². The highest BCUT2D eigenvalue weighted by molar-refractivity contribution is 7.99. The number of ether oxygens (including phenoxy) is 1. The summed E-state index contributed by atoms with van der Waals surface area (Å²) < 4.78 is 5.38. The molecule has 0 saturated carbocycles. The second kappa shape index (κ2) is 5.37. The zero-order valence-electron chi connectivity index (χ0n) is 9.48. The average molecular weight is 256 g/mol. The Morgan fingerprint density at radius 3 is 2.35 bits per heavy atom. The zero-order chi connectivity index (χ0) is 12.4. The summed E-state index contributed by atoms with van der Waals surface area (Å²) >= 11 is 1.35. The molecule has 3 N–H and O–H groups in total. The van der Waals surface area contributed by atoms with Crippen molar-refractivity contribution in [2.75, 3.05) is 6.61 Å². The van der Waals surface area contributed by atoms with E-state index < -0.39 is 23.7 Å². The summed E-state index contributed by atoms with van der Waals surface area (Å²) in [5.74, 6) is 0. The molecule has 0 amide bonds. The molecular weight excluding hydrogens is 240 g/mol. The Labute approximate surface area is 104 Å². The normalized spacial score (nSPS) is 32.9. The van der Waals surface area contributed by atoms with E-state index in [4.69, 9.17) is 9.84 Å². The summed E-state index contributed by atoms with van der Waals surface area (Å²) in [4.78, 5) is 0.963. The highest BCUT2D eigenvalue weighted by Crippen LogP contribution is 2.34. The van der Waals surface area contributed by atoms with Crippen LogP contribution in [0.25, 0.3) is 0 Å². The molecule has 5 heteroatoms. The van der Waals surface area contributed by atoms with Gasteiger partial charge in [0.05, 0.1) is 6.61 Å². The second-order valence-corrected chi connectivity index (χ2v) is 5.31. The van der Waals surface area contributed by atoms with Crippen molar-refractivity contribution in [2.45, 2.75) is 35.6 Å². The smallest absolute Gasteiger partial charge is 0.136 e. The van der Waals surface area contributed by atoms with Gasteiger partial charge >= 0.3 is 0 Å². The van der Waals surface area contributed by atoms with Crippen molar-refractivity contribution < 1.29 is 20.1 Å². The molecule has 2 rings (SSSR count). The number of hydrogen-bond donors (Lipinski definition) is 3. The van der Waals surface area contributed by atoms with Crippen LogP contribution in [-0.4, -0.2) is 45.7 Å². The van der Waals surface area contributed by atoms with Crippen LogP contribution < -0.4 is 0 Å². The highest BCUT2D eigenvalue weighted by Gasteiger charge is 2.42. The summed E-state index contributed by atoms with van der Waals surface area (Å²) in [6, 6.07) is 7.83. The Bertz CT molecular complexity index is 367. The minimum absolute atomic E-state index is 0.289. The number of aliphatic hydroxyl groups excluding tert-OH is 3. The quantitative estimate of drug-likeness (QED) is 0.736. The van der Waals surface area contributed by atoms with Gasteiger partial charge in [-0.05, 0) is 19.1 Å². The second-order valence-electron chi connectivity index (χ2n) is 4.14. The predicted molar refractivity (Wildman–Crippen MR) is 64.8 cm³/mol. The van der Waals surface area contributed by atoms with Crippen LogP contribution in [0.4, 0.5) is 0 Å². The van der Waals surface area contributed by atoms with Crippen LogP contribution in [0.3, 0.4) is 0 Å². The molecule has 94 valence electrons. The lowest BCUT2D eigenvalue weighted by Gasteiger charge is -2.13.